The molecule has 1 aliphatic rings. The molecule has 1 aromatic carbocycles. The third kappa shape index (κ3) is 3.73. The highest BCUT2D eigenvalue weighted by Crippen LogP contribution is 2.23. The van der Waals surface area contributed by atoms with Crippen molar-refractivity contribution >= 4 is 11.7 Å². The highest BCUT2D eigenvalue weighted by molar-refractivity contribution is 5.99. The number of primary amides is 1. The van der Waals surface area contributed by atoms with Crippen LogP contribution < -0.4 is 5.73 Å². The fraction of sp³-hybridized carbons (Fsp3) is 0.429. The number of benzene rings is 1. The smallest absolute Gasteiger partial charge is 0.248 e. The molecule has 0 saturated carbocycles. The minimum atomic E-state index is -0.441. The van der Waals surface area contributed by atoms with Crippen molar-refractivity contribution in [3.63, 3.8) is 0 Å². The van der Waals surface area contributed by atoms with Gasteiger partial charge in [0.05, 0.1) is 6.54 Å². The molecule has 2 heterocycles. The Morgan fingerprint density at radius 2 is 1.73 bits per heavy atom. The first-order valence-corrected chi connectivity index (χ1v) is 9.21. The molecule has 0 spiro atoms. The van der Waals surface area contributed by atoms with E-state index in [0.717, 1.165) is 41.6 Å². The van der Waals surface area contributed by atoms with Gasteiger partial charge in [0.25, 0.3) is 0 Å². The number of carbonyl (C=O) groups excluding carboxylic acids is 2. The molecule has 0 unspecified atom stereocenters. The lowest BCUT2D eigenvalue weighted by molar-refractivity contribution is 0.0898. The molecule has 1 fully saturated rings. The summed E-state index contributed by atoms with van der Waals surface area (Å²) in [5, 5.41) is 0. The van der Waals surface area contributed by atoms with E-state index in [4.69, 9.17) is 5.73 Å². The molecule has 1 saturated heterocycles. The van der Waals surface area contributed by atoms with E-state index in [9.17, 15) is 9.59 Å². The van der Waals surface area contributed by atoms with Gasteiger partial charge in [-0.15, -0.1) is 0 Å². The predicted molar refractivity (Wildman–Crippen MR) is 103 cm³/mol. The number of amides is 1. The van der Waals surface area contributed by atoms with Gasteiger partial charge in [-0.25, -0.2) is 0 Å². The van der Waals surface area contributed by atoms with Gasteiger partial charge in [-0.3, -0.25) is 14.5 Å². The van der Waals surface area contributed by atoms with Crippen LogP contribution >= 0.6 is 0 Å². The molecule has 0 radical (unpaired) electrons. The zero-order valence-electron chi connectivity index (χ0n) is 15.8. The Morgan fingerprint density at radius 1 is 1.12 bits per heavy atom. The number of aryl methyl sites for hydroxylation is 1. The third-order valence-electron chi connectivity index (χ3n) is 5.39. The van der Waals surface area contributed by atoms with E-state index >= 15 is 0 Å². The minimum absolute atomic E-state index is 0.174. The standard InChI is InChI=1S/C21H27N3O2/c1-14-8-10-23(11-9-14)13-20(25)19-12-15(2)24(16(19)3)18-6-4-17(5-7-18)21(22)26/h4-7,12,14H,8-11,13H2,1-3H3,(H2,22,26). The highest BCUT2D eigenvalue weighted by Gasteiger charge is 2.22. The fourth-order valence-corrected chi connectivity index (χ4v) is 3.73. The molecular formula is C21H27N3O2. The Hall–Kier alpha value is -2.40. The first-order valence-electron chi connectivity index (χ1n) is 9.21. The number of piperidine rings is 1. The molecule has 26 heavy (non-hydrogen) atoms. The van der Waals surface area contributed by atoms with E-state index in [-0.39, 0.29) is 5.78 Å². The van der Waals surface area contributed by atoms with Gasteiger partial charge in [0.1, 0.15) is 0 Å². The van der Waals surface area contributed by atoms with Gasteiger partial charge < -0.3 is 10.3 Å². The number of rotatable bonds is 5. The predicted octanol–water partition coefficient (Wildman–Crippen LogP) is 3.11. The summed E-state index contributed by atoms with van der Waals surface area (Å²) < 4.78 is 2.05. The van der Waals surface area contributed by atoms with Crippen LogP contribution in [0, 0.1) is 19.8 Å². The Bertz CT molecular complexity index is 813. The lowest BCUT2D eigenvalue weighted by Gasteiger charge is -2.29. The molecule has 0 aliphatic carbocycles. The van der Waals surface area contributed by atoms with Crippen molar-refractivity contribution in [1.82, 2.24) is 9.47 Å². The topological polar surface area (TPSA) is 68.3 Å². The largest absolute Gasteiger partial charge is 0.366 e. The monoisotopic (exact) mass is 353 g/mol. The first kappa shape index (κ1) is 18.4. The highest BCUT2D eigenvalue weighted by atomic mass is 16.1. The normalized spacial score (nSPS) is 16.0. The van der Waals surface area contributed by atoms with Crippen LogP contribution in [0.15, 0.2) is 30.3 Å². The number of ketones is 1. The summed E-state index contributed by atoms with van der Waals surface area (Å²) in [6.45, 7) is 8.73. The molecular weight excluding hydrogens is 326 g/mol. The maximum Gasteiger partial charge on any atom is 0.248 e. The van der Waals surface area contributed by atoms with Gasteiger partial charge in [0.15, 0.2) is 5.78 Å². The summed E-state index contributed by atoms with van der Waals surface area (Å²) in [6, 6.07) is 9.12. The maximum atomic E-state index is 12.8. The van der Waals surface area contributed by atoms with E-state index in [1.807, 2.05) is 32.0 Å². The molecule has 0 bridgehead atoms. The molecule has 0 atom stereocenters. The molecule has 2 aromatic rings. The molecule has 2 N–H and O–H groups in total. The van der Waals surface area contributed by atoms with Crippen LogP contribution in [0.2, 0.25) is 0 Å². The molecule has 5 heteroatoms. The van der Waals surface area contributed by atoms with Crippen molar-refractivity contribution in [3.8, 4) is 5.69 Å². The van der Waals surface area contributed by atoms with Gasteiger partial charge in [-0.2, -0.15) is 0 Å². The summed E-state index contributed by atoms with van der Waals surface area (Å²) in [4.78, 5) is 26.4. The van der Waals surface area contributed by atoms with Crippen LogP contribution in [-0.4, -0.2) is 40.8 Å². The van der Waals surface area contributed by atoms with Crippen molar-refractivity contribution in [2.75, 3.05) is 19.6 Å². The number of aromatic nitrogens is 1. The average Bonchev–Trinajstić information content (AvgIpc) is 2.91. The third-order valence-corrected chi connectivity index (χ3v) is 5.39. The number of hydrogen-bond donors (Lipinski definition) is 1. The van der Waals surface area contributed by atoms with Crippen molar-refractivity contribution in [2.45, 2.75) is 33.6 Å². The summed E-state index contributed by atoms with van der Waals surface area (Å²) in [5.74, 6) is 0.492. The van der Waals surface area contributed by atoms with E-state index < -0.39 is 5.91 Å². The Kier molecular flexibility index (Phi) is 5.28. The number of nitrogens with zero attached hydrogens (tertiary/aromatic N) is 2. The second-order valence-corrected chi connectivity index (χ2v) is 7.41. The maximum absolute atomic E-state index is 12.8. The van der Waals surface area contributed by atoms with Crippen LogP contribution in [0.25, 0.3) is 5.69 Å². The lowest BCUT2D eigenvalue weighted by atomic mass is 9.99. The van der Waals surface area contributed by atoms with E-state index in [1.165, 1.54) is 12.8 Å². The molecule has 1 amide bonds. The number of carbonyl (C=O) groups is 2. The van der Waals surface area contributed by atoms with Crippen molar-refractivity contribution in [1.29, 1.82) is 0 Å². The molecule has 1 aromatic heterocycles. The van der Waals surface area contributed by atoms with Crippen LogP contribution in [0.1, 0.15) is 51.9 Å². The van der Waals surface area contributed by atoms with Gasteiger partial charge in [0.2, 0.25) is 5.91 Å². The van der Waals surface area contributed by atoms with Crippen molar-refractivity contribution in [2.24, 2.45) is 11.7 Å². The summed E-state index contributed by atoms with van der Waals surface area (Å²) in [7, 11) is 0. The van der Waals surface area contributed by atoms with E-state index in [1.54, 1.807) is 12.1 Å². The second-order valence-electron chi connectivity index (χ2n) is 7.41. The zero-order valence-corrected chi connectivity index (χ0v) is 15.8. The van der Waals surface area contributed by atoms with E-state index in [0.29, 0.717) is 12.1 Å². The van der Waals surface area contributed by atoms with Crippen LogP contribution in [-0.2, 0) is 0 Å². The van der Waals surface area contributed by atoms with Crippen molar-refractivity contribution < 1.29 is 9.59 Å². The van der Waals surface area contributed by atoms with Crippen LogP contribution in [0.5, 0.6) is 0 Å². The Balaban J connectivity index is 1.81. The summed E-state index contributed by atoms with van der Waals surface area (Å²) >= 11 is 0. The molecule has 138 valence electrons. The Labute approximate surface area is 154 Å². The number of likely N-dealkylation sites (tertiary alicyclic amines) is 1. The Morgan fingerprint density at radius 3 is 2.31 bits per heavy atom. The van der Waals surface area contributed by atoms with Crippen LogP contribution in [0.3, 0.4) is 0 Å². The zero-order chi connectivity index (χ0) is 18.8. The lowest BCUT2D eigenvalue weighted by Crippen LogP contribution is -2.36. The van der Waals surface area contributed by atoms with Crippen molar-refractivity contribution in [3.05, 3.63) is 52.8 Å². The molecule has 3 rings (SSSR count). The van der Waals surface area contributed by atoms with Gasteiger partial charge in [-0.1, -0.05) is 6.92 Å². The number of hydrogen-bond acceptors (Lipinski definition) is 3. The molecule has 1 aliphatic heterocycles. The summed E-state index contributed by atoms with van der Waals surface area (Å²) in [6.07, 6.45) is 2.33. The minimum Gasteiger partial charge on any atom is -0.366 e. The van der Waals surface area contributed by atoms with E-state index in [2.05, 4.69) is 16.4 Å². The van der Waals surface area contributed by atoms with Gasteiger partial charge in [0, 0.05) is 28.2 Å². The van der Waals surface area contributed by atoms with Crippen LogP contribution in [0.4, 0.5) is 0 Å². The SMILES string of the molecule is Cc1cc(C(=O)CN2CCC(C)CC2)c(C)n1-c1ccc(C(N)=O)cc1. The second kappa shape index (κ2) is 7.46. The quantitative estimate of drug-likeness (QED) is 0.840. The number of Topliss-reactive ketones (excluding diaryl/α,β-unsaturated/α-hetero) is 1. The average molecular weight is 353 g/mol. The van der Waals surface area contributed by atoms with Gasteiger partial charge in [-0.05, 0) is 76.0 Å². The first-order chi connectivity index (χ1) is 12.4. The number of nitrogens with two attached hydrogens (primary N) is 1. The molecule has 5 nitrogen and oxygen atoms in total. The summed E-state index contributed by atoms with van der Waals surface area (Å²) in [5.41, 5.74) is 9.43. The van der Waals surface area contributed by atoms with Gasteiger partial charge >= 0.3 is 0 Å². The fourth-order valence-electron chi connectivity index (χ4n) is 3.73.